The number of anilines is 1. The van der Waals surface area contributed by atoms with Crippen LogP contribution in [0.15, 0.2) is 72.8 Å². The summed E-state index contributed by atoms with van der Waals surface area (Å²) >= 11 is 0. The molecule has 0 aromatic heterocycles. The Bertz CT molecular complexity index is 1360. The Morgan fingerprint density at radius 2 is 1.49 bits per heavy atom. The van der Waals surface area contributed by atoms with E-state index in [0.717, 1.165) is 38.4 Å². The maximum absolute atomic E-state index is 14.0. The molecule has 0 heterocycles. The van der Waals surface area contributed by atoms with Crippen LogP contribution in [0.4, 0.5) is 5.69 Å². The highest BCUT2D eigenvalue weighted by atomic mass is 32.2. The third-order valence-electron chi connectivity index (χ3n) is 6.64. The second-order valence-electron chi connectivity index (χ2n) is 9.26. The molecule has 0 radical (unpaired) electrons. The van der Waals surface area contributed by atoms with E-state index in [9.17, 15) is 18.0 Å². The number of carbonyl (C=O) groups is 2. The first-order valence-corrected chi connectivity index (χ1v) is 14.0. The van der Waals surface area contributed by atoms with Crippen molar-refractivity contribution >= 4 is 27.5 Å². The van der Waals surface area contributed by atoms with Gasteiger partial charge in [-0.1, -0.05) is 66.7 Å². The molecule has 0 bridgehead atoms. The summed E-state index contributed by atoms with van der Waals surface area (Å²) in [5.74, 6) is -0.775. The van der Waals surface area contributed by atoms with Crippen LogP contribution in [0.2, 0.25) is 0 Å². The van der Waals surface area contributed by atoms with Gasteiger partial charge >= 0.3 is 0 Å². The molecular formula is C29H35N3O4S. The molecule has 0 aliphatic heterocycles. The predicted molar refractivity (Wildman–Crippen MR) is 148 cm³/mol. The zero-order chi connectivity index (χ0) is 27.2. The largest absolute Gasteiger partial charge is 0.357 e. The molecule has 0 aliphatic rings. The summed E-state index contributed by atoms with van der Waals surface area (Å²) in [7, 11) is -2.25. The van der Waals surface area contributed by atoms with Gasteiger partial charge in [-0.05, 0) is 54.7 Å². The van der Waals surface area contributed by atoms with Crippen molar-refractivity contribution in [3.8, 4) is 0 Å². The van der Waals surface area contributed by atoms with Crippen LogP contribution < -0.4 is 9.62 Å². The van der Waals surface area contributed by atoms with Gasteiger partial charge in [-0.3, -0.25) is 13.9 Å². The zero-order valence-electron chi connectivity index (χ0n) is 22.1. The monoisotopic (exact) mass is 521 g/mol. The molecule has 37 heavy (non-hydrogen) atoms. The Labute approximate surface area is 220 Å². The van der Waals surface area contributed by atoms with Crippen molar-refractivity contribution in [2.45, 2.75) is 39.8 Å². The molecule has 0 saturated carbocycles. The van der Waals surface area contributed by atoms with Gasteiger partial charge in [-0.15, -0.1) is 0 Å². The molecule has 3 aromatic carbocycles. The molecular weight excluding hydrogens is 486 g/mol. The van der Waals surface area contributed by atoms with Crippen molar-refractivity contribution < 1.29 is 18.0 Å². The first-order valence-electron chi connectivity index (χ1n) is 12.2. The highest BCUT2D eigenvalue weighted by Crippen LogP contribution is 2.26. The number of rotatable bonds is 10. The van der Waals surface area contributed by atoms with Crippen molar-refractivity contribution in [3.63, 3.8) is 0 Å². The van der Waals surface area contributed by atoms with E-state index in [1.807, 2.05) is 81.4 Å². The fourth-order valence-electron chi connectivity index (χ4n) is 4.29. The van der Waals surface area contributed by atoms with Crippen LogP contribution in [0.25, 0.3) is 0 Å². The van der Waals surface area contributed by atoms with E-state index >= 15 is 0 Å². The summed E-state index contributed by atoms with van der Waals surface area (Å²) in [6.07, 6.45) is 1.38. The SMILES string of the molecule is CNC(=O)C(Cc1ccccc1)N(Cc1ccccc1C)C(=O)CN(c1cccc(C)c1C)S(C)(=O)=O. The Hall–Kier alpha value is -3.65. The van der Waals surface area contributed by atoms with Gasteiger partial charge in [0, 0.05) is 20.0 Å². The van der Waals surface area contributed by atoms with Crippen molar-refractivity contribution in [1.82, 2.24) is 10.2 Å². The summed E-state index contributed by atoms with van der Waals surface area (Å²) < 4.78 is 26.9. The Balaban J connectivity index is 2.07. The third-order valence-corrected chi connectivity index (χ3v) is 7.77. The summed E-state index contributed by atoms with van der Waals surface area (Å²) in [4.78, 5) is 28.6. The molecule has 8 heteroatoms. The van der Waals surface area contributed by atoms with Gasteiger partial charge in [0.05, 0.1) is 11.9 Å². The number of hydrogen-bond donors (Lipinski definition) is 1. The van der Waals surface area contributed by atoms with Crippen molar-refractivity contribution in [2.75, 3.05) is 24.2 Å². The van der Waals surface area contributed by atoms with E-state index in [0.29, 0.717) is 12.1 Å². The van der Waals surface area contributed by atoms with Crippen LogP contribution >= 0.6 is 0 Å². The van der Waals surface area contributed by atoms with Crippen molar-refractivity contribution in [3.05, 3.63) is 101 Å². The van der Waals surface area contributed by atoms with Gasteiger partial charge in [-0.25, -0.2) is 8.42 Å². The van der Waals surface area contributed by atoms with Crippen molar-refractivity contribution in [1.29, 1.82) is 0 Å². The topological polar surface area (TPSA) is 86.8 Å². The molecule has 0 fully saturated rings. The standard InChI is InChI=1S/C29H35N3O4S/c1-21-13-11-17-26(23(21)3)32(37(5,35)36)20-28(33)31(19-25-16-10-9-12-22(25)2)27(29(34)30-4)18-24-14-7-6-8-15-24/h6-17,27H,18-20H2,1-5H3,(H,30,34). The molecule has 1 unspecified atom stereocenters. The molecule has 0 aliphatic carbocycles. The second-order valence-corrected chi connectivity index (χ2v) is 11.2. The number of nitrogens with one attached hydrogen (secondary N) is 1. The van der Waals surface area contributed by atoms with Crippen LogP contribution in [-0.2, 0) is 32.6 Å². The molecule has 2 amide bonds. The number of carbonyl (C=O) groups excluding carboxylic acids is 2. The first-order chi connectivity index (χ1) is 17.5. The van der Waals surface area contributed by atoms with Gasteiger partial charge in [0.15, 0.2) is 0 Å². The summed E-state index contributed by atoms with van der Waals surface area (Å²) in [5, 5.41) is 2.69. The van der Waals surface area contributed by atoms with E-state index in [4.69, 9.17) is 0 Å². The molecule has 196 valence electrons. The zero-order valence-corrected chi connectivity index (χ0v) is 22.9. The minimum atomic E-state index is -3.79. The normalized spacial score (nSPS) is 12.0. The Kier molecular flexibility index (Phi) is 9.10. The maximum Gasteiger partial charge on any atom is 0.244 e. The molecule has 1 atom stereocenters. The quantitative estimate of drug-likeness (QED) is 0.440. The Morgan fingerprint density at radius 3 is 2.11 bits per heavy atom. The number of hydrogen-bond acceptors (Lipinski definition) is 4. The number of aryl methyl sites for hydroxylation is 2. The minimum Gasteiger partial charge on any atom is -0.357 e. The molecule has 3 rings (SSSR count). The van der Waals surface area contributed by atoms with E-state index in [2.05, 4.69) is 5.32 Å². The van der Waals surface area contributed by atoms with Gasteiger partial charge in [0.1, 0.15) is 12.6 Å². The maximum atomic E-state index is 14.0. The lowest BCUT2D eigenvalue weighted by atomic mass is 10.0. The predicted octanol–water partition coefficient (Wildman–Crippen LogP) is 3.76. The first kappa shape index (κ1) is 27.9. The number of likely N-dealkylation sites (N-methyl/N-ethyl adjacent to an activating group) is 1. The second kappa shape index (κ2) is 12.1. The van der Waals surface area contributed by atoms with Crippen LogP contribution in [-0.4, -0.2) is 51.0 Å². The van der Waals surface area contributed by atoms with E-state index in [-0.39, 0.29) is 12.5 Å². The summed E-state index contributed by atoms with van der Waals surface area (Å²) in [5.41, 5.74) is 4.90. The van der Waals surface area contributed by atoms with E-state index < -0.39 is 28.5 Å². The molecule has 0 spiro atoms. The Morgan fingerprint density at radius 1 is 0.865 bits per heavy atom. The van der Waals surface area contributed by atoms with Crippen LogP contribution in [0.1, 0.15) is 27.8 Å². The van der Waals surface area contributed by atoms with E-state index in [1.54, 1.807) is 12.1 Å². The van der Waals surface area contributed by atoms with Gasteiger partial charge in [0.2, 0.25) is 21.8 Å². The van der Waals surface area contributed by atoms with E-state index in [1.165, 1.54) is 11.9 Å². The lowest BCUT2D eigenvalue weighted by Gasteiger charge is -2.34. The lowest BCUT2D eigenvalue weighted by molar-refractivity contribution is -0.139. The summed E-state index contributed by atoms with van der Waals surface area (Å²) in [6, 6.07) is 21.7. The number of benzene rings is 3. The van der Waals surface area contributed by atoms with Crippen LogP contribution in [0, 0.1) is 20.8 Å². The third kappa shape index (κ3) is 6.98. The molecule has 7 nitrogen and oxygen atoms in total. The average molecular weight is 522 g/mol. The highest BCUT2D eigenvalue weighted by molar-refractivity contribution is 7.92. The minimum absolute atomic E-state index is 0.167. The van der Waals surface area contributed by atoms with Gasteiger partial charge in [0.25, 0.3) is 0 Å². The number of sulfonamides is 1. The van der Waals surface area contributed by atoms with Gasteiger partial charge < -0.3 is 10.2 Å². The molecule has 3 aromatic rings. The summed E-state index contributed by atoms with van der Waals surface area (Å²) in [6.45, 7) is 5.43. The fraction of sp³-hybridized carbons (Fsp3) is 0.310. The molecule has 0 saturated heterocycles. The molecule has 1 N–H and O–H groups in total. The number of amides is 2. The highest BCUT2D eigenvalue weighted by Gasteiger charge is 2.33. The average Bonchev–Trinajstić information content (AvgIpc) is 2.87. The smallest absolute Gasteiger partial charge is 0.244 e. The fourth-order valence-corrected chi connectivity index (χ4v) is 5.19. The van der Waals surface area contributed by atoms with Gasteiger partial charge in [-0.2, -0.15) is 0 Å². The number of nitrogens with zero attached hydrogens (tertiary/aromatic N) is 2. The van der Waals surface area contributed by atoms with Crippen LogP contribution in [0.5, 0.6) is 0 Å². The van der Waals surface area contributed by atoms with Crippen LogP contribution in [0.3, 0.4) is 0 Å². The van der Waals surface area contributed by atoms with Crippen molar-refractivity contribution in [2.24, 2.45) is 0 Å². The lowest BCUT2D eigenvalue weighted by Crippen LogP contribution is -2.53.